The van der Waals surface area contributed by atoms with E-state index in [9.17, 15) is 29.1 Å². The van der Waals surface area contributed by atoms with Gasteiger partial charge in [0.05, 0.1) is 30.2 Å². The molecule has 6 atom stereocenters. The summed E-state index contributed by atoms with van der Waals surface area (Å²) in [5.41, 5.74) is 5.55. The minimum absolute atomic E-state index is 0.0109. The number of carbonyl (C=O) groups is 5. The molecule has 0 aromatic carbocycles. The number of amides is 3. The molecule has 0 saturated heterocycles. The van der Waals surface area contributed by atoms with Crippen LogP contribution in [0.2, 0.25) is 0 Å². The van der Waals surface area contributed by atoms with Gasteiger partial charge in [-0.25, -0.2) is 9.59 Å². The number of allylic oxidation sites excluding steroid dienone is 4. The largest absolute Gasteiger partial charge is 0.450 e. The van der Waals surface area contributed by atoms with E-state index in [0.717, 1.165) is 6.08 Å². The monoisotopic (exact) mass is 617 g/mol. The Balaban J connectivity index is 2.64. The van der Waals surface area contributed by atoms with Gasteiger partial charge in [0.25, 0.3) is 5.91 Å². The second-order valence-electron chi connectivity index (χ2n) is 10.8. The van der Waals surface area contributed by atoms with Gasteiger partial charge in [-0.2, -0.15) is 0 Å². The highest BCUT2D eigenvalue weighted by Gasteiger charge is 2.34. The van der Waals surface area contributed by atoms with Crippen molar-refractivity contribution in [2.45, 2.75) is 71.9 Å². The smallest absolute Gasteiger partial charge is 0.411 e. The Morgan fingerprint density at radius 2 is 1.82 bits per heavy atom. The van der Waals surface area contributed by atoms with Gasteiger partial charge in [-0.05, 0) is 45.1 Å². The molecule has 13 heteroatoms. The average Bonchev–Trinajstić information content (AvgIpc) is 2.96. The zero-order valence-corrected chi connectivity index (χ0v) is 26.2. The summed E-state index contributed by atoms with van der Waals surface area (Å²) in [6.07, 6.45) is 2.04. The number of alkyl carbamates (subject to hydrolysis) is 1. The van der Waals surface area contributed by atoms with Crippen LogP contribution in [0.4, 0.5) is 9.59 Å². The van der Waals surface area contributed by atoms with E-state index in [2.05, 4.69) is 10.6 Å². The number of fused-ring (bicyclic) bond motifs is 2. The molecule has 2 aliphatic rings. The molecule has 1 heterocycles. The number of aliphatic hydroxyl groups is 1. The molecule has 0 radical (unpaired) electrons. The lowest BCUT2D eigenvalue weighted by Gasteiger charge is -2.30. The van der Waals surface area contributed by atoms with Gasteiger partial charge in [0.2, 0.25) is 11.6 Å². The SMILES string of the molecule is CCOC(=O)NC1=C2C[C@@H](C)C[C@H](OC)[C@H](O)[C@@H](C)/C=C(\C)[C@H](OC(N)=O)[C@@H](OC)/C=C/C=C(/C)C(=O)NC(=CC1=O)C2=O. The highest BCUT2D eigenvalue weighted by Crippen LogP contribution is 2.29. The molecule has 1 aliphatic carbocycles. The number of nitrogens with one attached hydrogen (secondary N) is 2. The number of ether oxygens (including phenoxy) is 4. The first kappa shape index (κ1) is 36.1. The predicted molar refractivity (Wildman–Crippen MR) is 160 cm³/mol. The molecule has 2 rings (SSSR count). The van der Waals surface area contributed by atoms with Gasteiger partial charge in [-0.15, -0.1) is 0 Å². The van der Waals surface area contributed by atoms with Crippen molar-refractivity contribution in [1.29, 1.82) is 0 Å². The minimum Gasteiger partial charge on any atom is -0.450 e. The molecule has 242 valence electrons. The number of ketones is 2. The Morgan fingerprint density at radius 3 is 2.41 bits per heavy atom. The van der Waals surface area contributed by atoms with Crippen molar-refractivity contribution in [3.8, 4) is 0 Å². The van der Waals surface area contributed by atoms with Gasteiger partial charge in [0.1, 0.15) is 6.10 Å². The van der Waals surface area contributed by atoms with Crippen molar-refractivity contribution in [3.05, 3.63) is 58.5 Å². The molecule has 0 unspecified atom stereocenters. The summed E-state index contributed by atoms with van der Waals surface area (Å²) < 4.78 is 21.4. The Labute approximate surface area is 257 Å². The van der Waals surface area contributed by atoms with Crippen LogP contribution < -0.4 is 16.4 Å². The van der Waals surface area contributed by atoms with Crippen LogP contribution in [0.25, 0.3) is 0 Å². The second-order valence-corrected chi connectivity index (χ2v) is 10.8. The fourth-order valence-electron chi connectivity index (χ4n) is 4.99. The molecule has 0 aromatic rings. The Bertz CT molecular complexity index is 1280. The molecule has 0 saturated carbocycles. The highest BCUT2D eigenvalue weighted by molar-refractivity contribution is 6.24. The molecule has 5 N–H and O–H groups in total. The molecule has 13 nitrogen and oxygen atoms in total. The maximum Gasteiger partial charge on any atom is 0.411 e. The van der Waals surface area contributed by atoms with Gasteiger partial charge in [-0.1, -0.05) is 38.2 Å². The van der Waals surface area contributed by atoms with Gasteiger partial charge in [0, 0.05) is 37.4 Å². The van der Waals surface area contributed by atoms with Gasteiger partial charge in [-0.3, -0.25) is 19.7 Å². The molecular formula is C31H43N3O10. The van der Waals surface area contributed by atoms with Crippen LogP contribution in [0.3, 0.4) is 0 Å². The lowest BCUT2D eigenvalue weighted by atomic mass is 9.85. The van der Waals surface area contributed by atoms with E-state index >= 15 is 0 Å². The molecular weight excluding hydrogens is 574 g/mol. The van der Waals surface area contributed by atoms with Crippen LogP contribution in [-0.4, -0.2) is 80.0 Å². The lowest BCUT2D eigenvalue weighted by Crippen LogP contribution is -2.38. The standard InChI is InChI=1S/C31H43N3O10/c1-8-43-31(40)34-25-20-12-16(2)13-24(42-7)26(36)18(4)14-19(5)28(44-30(32)39)23(41-6)11-9-10-17(3)29(38)33-21(27(20)37)15-22(25)35/h9-11,14-16,18,23-24,26,28,36H,8,12-13H2,1-7H3,(H2,32,39)(H,33,38)(H,34,40)/b11-9+,17-10-,19-14+/t16-,18+,23+,24+,26-,28+/m1/s1. The first-order valence-corrected chi connectivity index (χ1v) is 14.3. The number of carbonyl (C=O) groups excluding carboxylic acids is 5. The third kappa shape index (κ3) is 9.73. The van der Waals surface area contributed by atoms with Crippen molar-refractivity contribution in [3.63, 3.8) is 0 Å². The Kier molecular flexibility index (Phi) is 13.7. The lowest BCUT2D eigenvalue weighted by molar-refractivity contribution is -0.120. The molecule has 1 aliphatic heterocycles. The highest BCUT2D eigenvalue weighted by atomic mass is 16.6. The number of rotatable bonds is 5. The van der Waals surface area contributed by atoms with Gasteiger partial charge in [0.15, 0.2) is 6.10 Å². The van der Waals surface area contributed by atoms with Crippen molar-refractivity contribution in [2.75, 3.05) is 20.8 Å². The van der Waals surface area contributed by atoms with E-state index in [1.165, 1.54) is 33.3 Å². The maximum atomic E-state index is 13.6. The number of hydrogen-bond acceptors (Lipinski definition) is 10. The topological polar surface area (TPSA) is 193 Å². The molecule has 3 amide bonds. The first-order valence-electron chi connectivity index (χ1n) is 14.3. The summed E-state index contributed by atoms with van der Waals surface area (Å²) in [6.45, 7) is 8.42. The predicted octanol–water partition coefficient (Wildman–Crippen LogP) is 2.51. The number of nitrogens with two attached hydrogens (primary N) is 1. The summed E-state index contributed by atoms with van der Waals surface area (Å²) in [5, 5.41) is 16.1. The third-order valence-corrected chi connectivity index (χ3v) is 7.30. The minimum atomic E-state index is -1.03. The quantitative estimate of drug-likeness (QED) is 0.263. The van der Waals surface area contributed by atoms with Crippen LogP contribution in [0.1, 0.15) is 47.5 Å². The molecule has 44 heavy (non-hydrogen) atoms. The van der Waals surface area contributed by atoms with Crippen LogP contribution in [0.15, 0.2) is 58.5 Å². The van der Waals surface area contributed by atoms with Crippen LogP contribution >= 0.6 is 0 Å². The van der Waals surface area contributed by atoms with Gasteiger partial charge < -0.3 is 35.1 Å². The van der Waals surface area contributed by atoms with E-state index in [-0.39, 0.29) is 47.9 Å². The zero-order valence-electron chi connectivity index (χ0n) is 26.2. The van der Waals surface area contributed by atoms with E-state index in [0.29, 0.717) is 5.57 Å². The summed E-state index contributed by atoms with van der Waals surface area (Å²) in [6, 6.07) is 0. The number of aliphatic hydroxyl groups excluding tert-OH is 1. The number of Topliss-reactive ketones (excluding diaryl/α,β-unsaturated/α-hetero) is 1. The number of methoxy groups -OCH3 is 2. The number of primary amides is 1. The Morgan fingerprint density at radius 1 is 1.14 bits per heavy atom. The van der Waals surface area contributed by atoms with Crippen molar-refractivity contribution < 1.29 is 48.0 Å². The van der Waals surface area contributed by atoms with Crippen LogP contribution in [-0.2, 0) is 33.3 Å². The summed E-state index contributed by atoms with van der Waals surface area (Å²) >= 11 is 0. The summed E-state index contributed by atoms with van der Waals surface area (Å²) in [7, 11) is 2.85. The molecule has 0 fully saturated rings. The normalized spacial score (nSPS) is 30.6. The zero-order chi connectivity index (χ0) is 33.1. The van der Waals surface area contributed by atoms with E-state index in [4.69, 9.17) is 24.7 Å². The van der Waals surface area contributed by atoms with E-state index in [1.807, 2.05) is 0 Å². The van der Waals surface area contributed by atoms with E-state index < -0.39 is 60.0 Å². The first-order chi connectivity index (χ1) is 20.7. The third-order valence-electron chi connectivity index (χ3n) is 7.30. The molecule has 0 aromatic heterocycles. The Hall–Kier alpha value is -4.07. The van der Waals surface area contributed by atoms with Crippen LogP contribution in [0, 0.1) is 11.8 Å². The fourth-order valence-corrected chi connectivity index (χ4v) is 4.99. The second kappa shape index (κ2) is 16.7. The summed E-state index contributed by atoms with van der Waals surface area (Å²) in [5.74, 6) is -2.83. The van der Waals surface area contributed by atoms with Crippen molar-refractivity contribution >= 4 is 29.7 Å². The molecule has 2 bridgehead atoms. The van der Waals surface area contributed by atoms with Gasteiger partial charge >= 0.3 is 12.2 Å². The number of hydrogen-bond donors (Lipinski definition) is 4. The summed E-state index contributed by atoms with van der Waals surface area (Å²) in [4.78, 5) is 63.6. The van der Waals surface area contributed by atoms with Crippen molar-refractivity contribution in [2.24, 2.45) is 17.6 Å². The van der Waals surface area contributed by atoms with E-state index in [1.54, 1.807) is 39.8 Å². The fraction of sp³-hybridized carbons (Fsp3) is 0.516. The average molecular weight is 618 g/mol. The van der Waals surface area contributed by atoms with Crippen molar-refractivity contribution in [1.82, 2.24) is 10.6 Å². The molecule has 0 spiro atoms. The maximum absolute atomic E-state index is 13.6. The van der Waals surface area contributed by atoms with Crippen LogP contribution in [0.5, 0.6) is 0 Å².